The average molecular weight is 450 g/mol. The molecule has 0 heterocycles. The molecule has 0 radical (unpaired) electrons. The molecule has 0 amide bonds. The van der Waals surface area contributed by atoms with E-state index in [1.54, 1.807) is 39.0 Å². The average Bonchev–Trinajstić information content (AvgIpc) is 3.12. The summed E-state index contributed by atoms with van der Waals surface area (Å²) in [6.45, 7) is 6.20. The van der Waals surface area contributed by atoms with Crippen LogP contribution in [0.15, 0.2) is 22.7 Å². The Hall–Kier alpha value is -2.01. The molecule has 6 nitrogen and oxygen atoms in total. The molecule has 0 aliphatic heterocycles. The molecule has 28 heavy (non-hydrogen) atoms. The zero-order chi connectivity index (χ0) is 20.7. The van der Waals surface area contributed by atoms with Crippen LogP contribution in [-0.4, -0.2) is 37.9 Å². The van der Waals surface area contributed by atoms with Crippen LogP contribution in [-0.2, 0) is 30.2 Å². The van der Waals surface area contributed by atoms with E-state index in [-0.39, 0.29) is 18.8 Å². The summed E-state index contributed by atoms with van der Waals surface area (Å²) in [5.41, 5.74) is 2.58. The molecule has 2 rings (SSSR count). The van der Waals surface area contributed by atoms with Gasteiger partial charge in [-0.2, -0.15) is 5.26 Å². The van der Waals surface area contributed by atoms with Crippen LogP contribution in [0.2, 0.25) is 0 Å². The Labute approximate surface area is 173 Å². The van der Waals surface area contributed by atoms with Crippen molar-refractivity contribution in [3.05, 3.63) is 39.4 Å². The molecule has 7 heteroatoms. The standard InChI is InChI=1S/C21H24BrNO5/c1-4-26-20(25)16(21(27-5-2)28-6-3)11-18(24)15-9-8-14-13(12-23)7-10-17(22)19(14)15/h7,9-10,16,21H,4-6,8,11H2,1-3H3. The Morgan fingerprint density at radius 1 is 1.18 bits per heavy atom. The van der Waals surface area contributed by atoms with Crippen LogP contribution in [0, 0.1) is 17.2 Å². The van der Waals surface area contributed by atoms with E-state index in [9.17, 15) is 14.9 Å². The fourth-order valence-corrected chi connectivity index (χ4v) is 3.83. The Balaban J connectivity index is 2.31. The number of esters is 1. The van der Waals surface area contributed by atoms with E-state index in [0.717, 1.165) is 15.6 Å². The predicted octanol–water partition coefficient (Wildman–Crippen LogP) is 3.80. The molecule has 1 aliphatic carbocycles. The molecule has 0 spiro atoms. The Kier molecular flexibility index (Phi) is 8.36. The second-order valence-electron chi connectivity index (χ2n) is 6.15. The molecule has 150 valence electrons. The summed E-state index contributed by atoms with van der Waals surface area (Å²) in [6, 6.07) is 5.65. The third-order valence-electron chi connectivity index (χ3n) is 4.45. The van der Waals surface area contributed by atoms with Crippen LogP contribution in [0.25, 0.3) is 5.57 Å². The molecule has 1 aliphatic rings. The van der Waals surface area contributed by atoms with Crippen LogP contribution < -0.4 is 0 Å². The number of benzene rings is 1. The minimum Gasteiger partial charge on any atom is -0.466 e. The second-order valence-corrected chi connectivity index (χ2v) is 7.00. The zero-order valence-electron chi connectivity index (χ0n) is 16.3. The monoisotopic (exact) mass is 449 g/mol. The van der Waals surface area contributed by atoms with E-state index < -0.39 is 18.2 Å². The van der Waals surface area contributed by atoms with Gasteiger partial charge in [0.25, 0.3) is 0 Å². The van der Waals surface area contributed by atoms with Gasteiger partial charge in [-0.15, -0.1) is 0 Å². The van der Waals surface area contributed by atoms with E-state index in [2.05, 4.69) is 22.0 Å². The van der Waals surface area contributed by atoms with Gasteiger partial charge in [-0.25, -0.2) is 0 Å². The highest BCUT2D eigenvalue weighted by Gasteiger charge is 2.35. The van der Waals surface area contributed by atoms with Crippen molar-refractivity contribution < 1.29 is 23.8 Å². The predicted molar refractivity (Wildman–Crippen MR) is 107 cm³/mol. The van der Waals surface area contributed by atoms with Gasteiger partial charge in [-0.1, -0.05) is 22.0 Å². The summed E-state index contributed by atoms with van der Waals surface area (Å²) in [5.74, 6) is -1.60. The lowest BCUT2D eigenvalue weighted by atomic mass is 9.93. The summed E-state index contributed by atoms with van der Waals surface area (Å²) < 4.78 is 17.0. The van der Waals surface area contributed by atoms with Crippen molar-refractivity contribution in [3.63, 3.8) is 0 Å². The molecule has 0 aromatic heterocycles. The molecule has 0 N–H and O–H groups in total. The maximum atomic E-state index is 13.1. The van der Waals surface area contributed by atoms with Gasteiger partial charge in [0, 0.05) is 35.2 Å². The van der Waals surface area contributed by atoms with Crippen LogP contribution in [0.1, 0.15) is 43.9 Å². The lowest BCUT2D eigenvalue weighted by Crippen LogP contribution is -2.36. The maximum Gasteiger partial charge on any atom is 0.314 e. The number of Topliss-reactive ketones (excluding diaryl/α,β-unsaturated/α-hetero) is 1. The number of carbonyl (C=O) groups is 2. The number of nitrogens with zero attached hydrogens (tertiary/aromatic N) is 1. The largest absolute Gasteiger partial charge is 0.466 e. The summed E-state index contributed by atoms with van der Waals surface area (Å²) in [7, 11) is 0. The minimum atomic E-state index is -0.866. The van der Waals surface area contributed by atoms with Crippen LogP contribution in [0.4, 0.5) is 0 Å². The van der Waals surface area contributed by atoms with Crippen LogP contribution in [0.3, 0.4) is 0 Å². The first-order valence-electron chi connectivity index (χ1n) is 9.33. The number of fused-ring (bicyclic) bond motifs is 1. The van der Waals surface area contributed by atoms with E-state index in [0.29, 0.717) is 30.8 Å². The van der Waals surface area contributed by atoms with Crippen molar-refractivity contribution in [3.8, 4) is 6.07 Å². The SMILES string of the molecule is CCOC(=O)C(CC(=O)C1=CCc2c(C#N)ccc(Br)c21)C(OCC)OCC. The van der Waals surface area contributed by atoms with E-state index in [4.69, 9.17) is 14.2 Å². The lowest BCUT2D eigenvalue weighted by molar-refractivity contribution is -0.190. The van der Waals surface area contributed by atoms with Crippen LogP contribution in [0.5, 0.6) is 0 Å². The fourth-order valence-electron chi connectivity index (χ4n) is 3.25. The van der Waals surface area contributed by atoms with Crippen molar-refractivity contribution in [2.75, 3.05) is 19.8 Å². The van der Waals surface area contributed by atoms with Gasteiger partial charge < -0.3 is 14.2 Å². The van der Waals surface area contributed by atoms with Crippen molar-refractivity contribution in [2.24, 2.45) is 5.92 Å². The molecule has 1 aromatic rings. The molecular weight excluding hydrogens is 426 g/mol. The Morgan fingerprint density at radius 3 is 2.43 bits per heavy atom. The zero-order valence-corrected chi connectivity index (χ0v) is 17.9. The Bertz CT molecular complexity index is 806. The summed E-state index contributed by atoms with van der Waals surface area (Å²) >= 11 is 3.47. The van der Waals surface area contributed by atoms with Gasteiger partial charge in [-0.3, -0.25) is 9.59 Å². The number of carbonyl (C=O) groups excluding carboxylic acids is 2. The smallest absolute Gasteiger partial charge is 0.314 e. The minimum absolute atomic E-state index is 0.0992. The van der Waals surface area contributed by atoms with Crippen molar-refractivity contribution in [1.29, 1.82) is 5.26 Å². The van der Waals surface area contributed by atoms with Gasteiger partial charge >= 0.3 is 5.97 Å². The fraction of sp³-hybridized carbons (Fsp3) is 0.476. The number of nitriles is 1. The number of ether oxygens (including phenoxy) is 3. The van der Waals surface area contributed by atoms with E-state index in [1.165, 1.54) is 0 Å². The third kappa shape index (κ3) is 4.88. The van der Waals surface area contributed by atoms with Gasteiger partial charge in [0.2, 0.25) is 0 Å². The molecule has 0 fully saturated rings. The first-order chi connectivity index (χ1) is 13.5. The van der Waals surface area contributed by atoms with Gasteiger partial charge in [-0.05, 0) is 44.9 Å². The van der Waals surface area contributed by atoms with Crippen LogP contribution >= 0.6 is 15.9 Å². The highest BCUT2D eigenvalue weighted by molar-refractivity contribution is 9.10. The van der Waals surface area contributed by atoms with Crippen molar-refractivity contribution >= 4 is 33.3 Å². The summed E-state index contributed by atoms with van der Waals surface area (Å²) in [4.78, 5) is 25.6. The Morgan fingerprint density at radius 2 is 1.86 bits per heavy atom. The normalized spacial score (nSPS) is 13.6. The third-order valence-corrected chi connectivity index (χ3v) is 5.11. The number of rotatable bonds is 10. The molecule has 1 unspecified atom stereocenters. The lowest BCUT2D eigenvalue weighted by Gasteiger charge is -2.25. The number of hydrogen-bond acceptors (Lipinski definition) is 6. The first-order valence-corrected chi connectivity index (χ1v) is 10.1. The molecule has 0 saturated heterocycles. The molecule has 0 saturated carbocycles. The maximum absolute atomic E-state index is 13.1. The number of ketones is 1. The van der Waals surface area contributed by atoms with Gasteiger partial charge in [0.05, 0.1) is 18.2 Å². The number of allylic oxidation sites excluding steroid dienone is 2. The first kappa shape index (κ1) is 22.3. The van der Waals surface area contributed by atoms with Gasteiger partial charge in [0.1, 0.15) is 5.92 Å². The van der Waals surface area contributed by atoms with E-state index >= 15 is 0 Å². The summed E-state index contributed by atoms with van der Waals surface area (Å²) in [5, 5.41) is 9.32. The van der Waals surface area contributed by atoms with Gasteiger partial charge in [0.15, 0.2) is 12.1 Å². The highest BCUT2D eigenvalue weighted by atomic mass is 79.9. The summed E-state index contributed by atoms with van der Waals surface area (Å²) in [6.07, 6.45) is 1.35. The highest BCUT2D eigenvalue weighted by Crippen LogP contribution is 2.37. The molecular formula is C21H24BrNO5. The van der Waals surface area contributed by atoms with Crippen molar-refractivity contribution in [2.45, 2.75) is 39.9 Å². The molecule has 1 aromatic carbocycles. The molecule has 1 atom stereocenters. The topological polar surface area (TPSA) is 85.6 Å². The van der Waals surface area contributed by atoms with E-state index in [1.807, 2.05) is 0 Å². The quantitative estimate of drug-likeness (QED) is 0.398. The molecule has 0 bridgehead atoms. The number of hydrogen-bond donors (Lipinski definition) is 0. The second kappa shape index (κ2) is 10.5. The number of halogens is 1. The van der Waals surface area contributed by atoms with Crippen molar-refractivity contribution in [1.82, 2.24) is 0 Å².